The number of aromatic nitrogens is 1. The van der Waals surface area contributed by atoms with Gasteiger partial charge in [-0.15, -0.1) is 0 Å². The van der Waals surface area contributed by atoms with Crippen LogP contribution in [0.25, 0.3) is 0 Å². The van der Waals surface area contributed by atoms with E-state index in [-0.39, 0.29) is 29.3 Å². The summed E-state index contributed by atoms with van der Waals surface area (Å²) in [5.41, 5.74) is -0.00409. The number of aliphatic hydroxyl groups excluding tert-OH is 1. The van der Waals surface area contributed by atoms with Gasteiger partial charge in [0.1, 0.15) is 5.69 Å². The van der Waals surface area contributed by atoms with Crippen molar-refractivity contribution in [2.24, 2.45) is 5.92 Å². The minimum absolute atomic E-state index is 0.0598. The van der Waals surface area contributed by atoms with Gasteiger partial charge in [-0.05, 0) is 31.2 Å². The van der Waals surface area contributed by atoms with Gasteiger partial charge in [-0.2, -0.15) is 0 Å². The Balaban J connectivity index is 1.99. The van der Waals surface area contributed by atoms with E-state index in [9.17, 15) is 14.7 Å². The first-order valence-corrected chi connectivity index (χ1v) is 6.28. The molecule has 1 aromatic heterocycles. The summed E-state index contributed by atoms with van der Waals surface area (Å²) in [6.45, 7) is 2.00. The summed E-state index contributed by atoms with van der Waals surface area (Å²) in [4.78, 5) is 25.6. The minimum atomic E-state index is -0.283. The van der Waals surface area contributed by atoms with Crippen LogP contribution in [0.5, 0.6) is 0 Å². The average molecular weight is 250 g/mol. The van der Waals surface area contributed by atoms with Crippen LogP contribution in [0, 0.1) is 5.92 Å². The molecule has 98 valence electrons. The molecule has 1 fully saturated rings. The van der Waals surface area contributed by atoms with Crippen LogP contribution in [-0.2, 0) is 0 Å². The Bertz CT molecular complexity index is 477. The predicted molar refractivity (Wildman–Crippen MR) is 67.3 cm³/mol. The van der Waals surface area contributed by atoms with Crippen molar-refractivity contribution in [2.75, 3.05) is 0 Å². The van der Waals surface area contributed by atoms with Crippen LogP contribution in [0.4, 0.5) is 0 Å². The van der Waals surface area contributed by atoms with Crippen molar-refractivity contribution in [1.82, 2.24) is 10.3 Å². The summed E-state index contributed by atoms with van der Waals surface area (Å²) in [5.74, 6) is 0.0744. The lowest BCUT2D eigenvalue weighted by atomic mass is 9.76. The third kappa shape index (κ3) is 2.79. The van der Waals surface area contributed by atoms with E-state index in [1.54, 1.807) is 12.1 Å². The highest BCUT2D eigenvalue weighted by Gasteiger charge is 2.33. The maximum atomic E-state index is 11.9. The largest absolute Gasteiger partial charge is 0.393 e. The summed E-state index contributed by atoms with van der Waals surface area (Å²) in [6.07, 6.45) is 2.08. The van der Waals surface area contributed by atoms with Crippen LogP contribution in [0.1, 0.15) is 36.7 Å². The fourth-order valence-corrected chi connectivity index (χ4v) is 2.34. The van der Waals surface area contributed by atoms with Gasteiger partial charge in [0.15, 0.2) is 0 Å². The van der Waals surface area contributed by atoms with Crippen molar-refractivity contribution < 1.29 is 9.90 Å². The average Bonchev–Trinajstić information content (AvgIpc) is 2.32. The Kier molecular flexibility index (Phi) is 3.81. The van der Waals surface area contributed by atoms with E-state index in [1.165, 1.54) is 6.07 Å². The SMILES string of the molecule is CC[C@H](NC(=O)c1cccc(=O)[nH]1)C1CC(O)C1. The van der Waals surface area contributed by atoms with Crippen molar-refractivity contribution in [1.29, 1.82) is 0 Å². The fourth-order valence-electron chi connectivity index (χ4n) is 2.34. The minimum Gasteiger partial charge on any atom is -0.393 e. The number of aliphatic hydroxyl groups is 1. The highest BCUT2D eigenvalue weighted by atomic mass is 16.3. The number of carbonyl (C=O) groups is 1. The molecule has 1 aliphatic carbocycles. The maximum Gasteiger partial charge on any atom is 0.268 e. The van der Waals surface area contributed by atoms with Gasteiger partial charge >= 0.3 is 0 Å². The molecule has 1 heterocycles. The first-order chi connectivity index (χ1) is 8.60. The van der Waals surface area contributed by atoms with Crippen molar-refractivity contribution >= 4 is 5.91 Å². The third-order valence-corrected chi connectivity index (χ3v) is 3.49. The zero-order valence-electron chi connectivity index (χ0n) is 10.3. The molecular weight excluding hydrogens is 232 g/mol. The summed E-state index contributed by atoms with van der Waals surface area (Å²) in [5, 5.41) is 12.2. The molecule has 5 heteroatoms. The van der Waals surface area contributed by atoms with Crippen LogP contribution in [-0.4, -0.2) is 28.1 Å². The summed E-state index contributed by atoms with van der Waals surface area (Å²) in [6, 6.07) is 4.57. The van der Waals surface area contributed by atoms with Crippen LogP contribution < -0.4 is 10.9 Å². The molecule has 0 spiro atoms. The highest BCUT2D eigenvalue weighted by molar-refractivity contribution is 5.92. The van der Waals surface area contributed by atoms with Gasteiger partial charge in [-0.1, -0.05) is 13.0 Å². The lowest BCUT2D eigenvalue weighted by Gasteiger charge is -2.37. The second kappa shape index (κ2) is 5.35. The smallest absolute Gasteiger partial charge is 0.268 e. The molecule has 1 aromatic rings. The van der Waals surface area contributed by atoms with Crippen molar-refractivity contribution in [3.8, 4) is 0 Å². The van der Waals surface area contributed by atoms with Crippen LogP contribution in [0.15, 0.2) is 23.0 Å². The molecule has 2 rings (SSSR count). The Hall–Kier alpha value is -1.62. The molecule has 0 unspecified atom stereocenters. The molecule has 1 saturated carbocycles. The Morgan fingerprint density at radius 2 is 2.28 bits per heavy atom. The van der Waals surface area contributed by atoms with E-state index < -0.39 is 0 Å². The van der Waals surface area contributed by atoms with Gasteiger partial charge in [0.2, 0.25) is 5.56 Å². The first kappa shape index (κ1) is 12.8. The van der Waals surface area contributed by atoms with Gasteiger partial charge in [0, 0.05) is 12.1 Å². The van der Waals surface area contributed by atoms with Crippen LogP contribution in [0.3, 0.4) is 0 Å². The fraction of sp³-hybridized carbons (Fsp3) is 0.538. The number of hydrogen-bond acceptors (Lipinski definition) is 3. The highest BCUT2D eigenvalue weighted by Crippen LogP contribution is 2.31. The second-order valence-corrected chi connectivity index (χ2v) is 4.80. The summed E-state index contributed by atoms with van der Waals surface area (Å²) >= 11 is 0. The number of amides is 1. The molecule has 1 atom stereocenters. The van der Waals surface area contributed by atoms with Crippen molar-refractivity contribution in [3.63, 3.8) is 0 Å². The number of pyridine rings is 1. The quantitative estimate of drug-likeness (QED) is 0.734. The Labute approximate surface area is 105 Å². The zero-order chi connectivity index (χ0) is 13.1. The van der Waals surface area contributed by atoms with E-state index in [1.807, 2.05) is 6.92 Å². The zero-order valence-corrected chi connectivity index (χ0v) is 10.3. The van der Waals surface area contributed by atoms with Gasteiger partial charge in [-0.25, -0.2) is 0 Å². The monoisotopic (exact) mass is 250 g/mol. The van der Waals surface area contributed by atoms with Gasteiger partial charge in [-0.3, -0.25) is 9.59 Å². The molecule has 0 aromatic carbocycles. The number of rotatable bonds is 4. The number of carbonyl (C=O) groups excluding carboxylic acids is 1. The lowest BCUT2D eigenvalue weighted by Crippen LogP contribution is -2.47. The topological polar surface area (TPSA) is 82.2 Å². The van der Waals surface area contributed by atoms with Crippen molar-refractivity contribution in [3.05, 3.63) is 34.2 Å². The van der Waals surface area contributed by atoms with Crippen molar-refractivity contribution in [2.45, 2.75) is 38.3 Å². The molecule has 5 nitrogen and oxygen atoms in total. The molecule has 0 radical (unpaired) electrons. The number of nitrogens with one attached hydrogen (secondary N) is 2. The Morgan fingerprint density at radius 1 is 1.56 bits per heavy atom. The normalized spacial score (nSPS) is 24.1. The number of aromatic amines is 1. The summed E-state index contributed by atoms with van der Waals surface area (Å²) < 4.78 is 0. The number of H-pyrrole nitrogens is 1. The standard InChI is InChI=1S/C13H18N2O3/c1-2-10(8-6-9(16)7-8)15-13(18)11-4-3-5-12(17)14-11/h3-5,8-10,16H,2,6-7H2,1H3,(H,14,17)(H,15,18)/t8?,9?,10-/m0/s1. The van der Waals surface area contributed by atoms with Crippen LogP contribution >= 0.6 is 0 Å². The van der Waals surface area contributed by atoms with E-state index in [0.29, 0.717) is 5.92 Å². The third-order valence-electron chi connectivity index (χ3n) is 3.49. The Morgan fingerprint density at radius 3 is 2.83 bits per heavy atom. The van der Waals surface area contributed by atoms with Gasteiger partial charge in [0.25, 0.3) is 5.91 Å². The van der Waals surface area contributed by atoms with Gasteiger partial charge < -0.3 is 15.4 Å². The lowest BCUT2D eigenvalue weighted by molar-refractivity contribution is 0.0232. The first-order valence-electron chi connectivity index (χ1n) is 6.28. The molecular formula is C13H18N2O3. The molecule has 3 N–H and O–H groups in total. The molecule has 0 bridgehead atoms. The van der Waals surface area contributed by atoms with E-state index in [4.69, 9.17) is 0 Å². The summed E-state index contributed by atoms with van der Waals surface area (Å²) in [7, 11) is 0. The molecule has 0 saturated heterocycles. The molecule has 1 amide bonds. The van der Waals surface area contributed by atoms with E-state index >= 15 is 0 Å². The second-order valence-electron chi connectivity index (χ2n) is 4.80. The molecule has 18 heavy (non-hydrogen) atoms. The molecule has 1 aliphatic rings. The van der Waals surface area contributed by atoms with Gasteiger partial charge in [0.05, 0.1) is 6.10 Å². The molecule has 0 aliphatic heterocycles. The number of hydrogen-bond donors (Lipinski definition) is 3. The van der Waals surface area contributed by atoms with E-state index in [0.717, 1.165) is 19.3 Å². The predicted octanol–water partition coefficient (Wildman–Crippen LogP) is 0.654. The van der Waals surface area contributed by atoms with E-state index in [2.05, 4.69) is 10.3 Å². The van der Waals surface area contributed by atoms with Crippen LogP contribution in [0.2, 0.25) is 0 Å². The maximum absolute atomic E-state index is 11.9.